The van der Waals surface area contributed by atoms with Gasteiger partial charge in [0.25, 0.3) is 0 Å². The summed E-state index contributed by atoms with van der Waals surface area (Å²) < 4.78 is 4.96. The van der Waals surface area contributed by atoms with Crippen molar-refractivity contribution in [2.45, 2.75) is 17.7 Å². The van der Waals surface area contributed by atoms with Gasteiger partial charge < -0.3 is 15.0 Å². The number of rotatable bonds is 10. The van der Waals surface area contributed by atoms with Crippen LogP contribution >= 0.6 is 23.4 Å². The second-order valence-electron chi connectivity index (χ2n) is 6.41. The molecule has 1 heterocycles. The predicted octanol–water partition coefficient (Wildman–Crippen LogP) is 2.12. The van der Waals surface area contributed by atoms with Crippen LogP contribution in [0.2, 0.25) is 5.02 Å². The molecule has 2 rings (SSSR count). The van der Waals surface area contributed by atoms with E-state index in [2.05, 4.69) is 10.2 Å². The Morgan fingerprint density at radius 3 is 2.56 bits per heavy atom. The van der Waals surface area contributed by atoms with E-state index in [1.54, 1.807) is 18.9 Å². The number of amides is 2. The summed E-state index contributed by atoms with van der Waals surface area (Å²) in [5, 5.41) is 3.61. The molecule has 8 heteroatoms. The Morgan fingerprint density at radius 2 is 1.89 bits per heavy atom. The number of nitrogens with zero attached hydrogens (tertiary/aromatic N) is 2. The molecule has 1 N–H and O–H groups in total. The summed E-state index contributed by atoms with van der Waals surface area (Å²) in [6.07, 6.45) is 1.34. The molecule has 1 aliphatic rings. The van der Waals surface area contributed by atoms with Crippen molar-refractivity contribution in [2.75, 3.05) is 58.7 Å². The van der Waals surface area contributed by atoms with Gasteiger partial charge in [0.05, 0.1) is 6.54 Å². The highest BCUT2D eigenvalue weighted by atomic mass is 35.5. The molecule has 1 aromatic carbocycles. The zero-order valence-corrected chi connectivity index (χ0v) is 17.4. The maximum absolute atomic E-state index is 12.4. The molecule has 27 heavy (non-hydrogen) atoms. The summed E-state index contributed by atoms with van der Waals surface area (Å²) in [6.45, 7) is 4.52. The Hall–Kier alpha value is -1.28. The lowest BCUT2D eigenvalue weighted by molar-refractivity contribution is -0.132. The van der Waals surface area contributed by atoms with Crippen molar-refractivity contribution < 1.29 is 14.3 Å². The fraction of sp³-hybridized carbons (Fsp3) is 0.579. The summed E-state index contributed by atoms with van der Waals surface area (Å²) in [6, 6.07) is 7.66. The normalized spacial score (nSPS) is 15.0. The molecule has 1 fully saturated rings. The quantitative estimate of drug-likeness (QED) is 0.470. The molecular weight excluding hydrogens is 386 g/mol. The second-order valence-corrected chi connectivity index (χ2v) is 8.01. The van der Waals surface area contributed by atoms with Crippen molar-refractivity contribution in [1.82, 2.24) is 15.1 Å². The minimum absolute atomic E-state index is 0.0326. The van der Waals surface area contributed by atoms with E-state index < -0.39 is 0 Å². The molecule has 0 aromatic heterocycles. The Morgan fingerprint density at radius 1 is 1.19 bits per heavy atom. The van der Waals surface area contributed by atoms with Crippen molar-refractivity contribution in [1.29, 1.82) is 0 Å². The molecule has 0 aliphatic carbocycles. The molecular formula is C19H28ClN3O3S. The average molecular weight is 414 g/mol. The SMILES string of the molecule is COCCCNC(=O)CN1CCN(C(=O)CCSc2ccc(Cl)cc2)CC1. The maximum Gasteiger partial charge on any atom is 0.234 e. The number of piperazine rings is 1. The van der Waals surface area contributed by atoms with Gasteiger partial charge in [0, 0.05) is 68.5 Å². The number of carbonyl (C=O) groups excluding carboxylic acids is 2. The number of benzene rings is 1. The van der Waals surface area contributed by atoms with E-state index >= 15 is 0 Å². The molecule has 1 saturated heterocycles. The third-order valence-electron chi connectivity index (χ3n) is 4.34. The van der Waals surface area contributed by atoms with E-state index in [0.717, 1.165) is 35.2 Å². The van der Waals surface area contributed by atoms with Gasteiger partial charge in [-0.1, -0.05) is 11.6 Å². The minimum Gasteiger partial charge on any atom is -0.385 e. The first-order valence-corrected chi connectivity index (χ1v) is 10.6. The van der Waals surface area contributed by atoms with E-state index in [9.17, 15) is 9.59 Å². The Bertz CT molecular complexity index is 592. The standard InChI is InChI=1S/C19H28ClN3O3S/c1-26-13-2-8-21-18(24)15-22-9-11-23(12-10-22)19(25)7-14-27-17-5-3-16(20)4-6-17/h3-6H,2,7-15H2,1H3,(H,21,24). The third kappa shape index (κ3) is 8.51. The van der Waals surface area contributed by atoms with Gasteiger partial charge in [-0.3, -0.25) is 14.5 Å². The van der Waals surface area contributed by atoms with Crippen LogP contribution in [0.4, 0.5) is 0 Å². The van der Waals surface area contributed by atoms with E-state index in [0.29, 0.717) is 39.2 Å². The summed E-state index contributed by atoms with van der Waals surface area (Å²) in [7, 11) is 1.65. The Kier molecular flexibility index (Phi) is 9.97. The van der Waals surface area contributed by atoms with Gasteiger partial charge >= 0.3 is 0 Å². The van der Waals surface area contributed by atoms with Crippen molar-refractivity contribution in [3.63, 3.8) is 0 Å². The van der Waals surface area contributed by atoms with Crippen LogP contribution in [-0.2, 0) is 14.3 Å². The molecule has 0 saturated carbocycles. The van der Waals surface area contributed by atoms with Gasteiger partial charge in [-0.2, -0.15) is 0 Å². The van der Waals surface area contributed by atoms with E-state index in [4.69, 9.17) is 16.3 Å². The number of ether oxygens (including phenoxy) is 1. The molecule has 6 nitrogen and oxygen atoms in total. The zero-order valence-electron chi connectivity index (χ0n) is 15.8. The van der Waals surface area contributed by atoms with Crippen molar-refractivity contribution in [3.8, 4) is 0 Å². The van der Waals surface area contributed by atoms with Crippen LogP contribution in [0.25, 0.3) is 0 Å². The van der Waals surface area contributed by atoms with Crippen molar-refractivity contribution in [2.24, 2.45) is 0 Å². The lowest BCUT2D eigenvalue weighted by Crippen LogP contribution is -2.51. The van der Waals surface area contributed by atoms with E-state index in [-0.39, 0.29) is 11.8 Å². The van der Waals surface area contributed by atoms with Gasteiger partial charge in [0.2, 0.25) is 11.8 Å². The fourth-order valence-electron chi connectivity index (χ4n) is 2.80. The monoisotopic (exact) mass is 413 g/mol. The lowest BCUT2D eigenvalue weighted by Gasteiger charge is -2.34. The molecule has 0 spiro atoms. The first-order chi connectivity index (χ1) is 13.1. The molecule has 2 amide bonds. The average Bonchev–Trinajstić information content (AvgIpc) is 2.67. The Balaban J connectivity index is 1.59. The largest absolute Gasteiger partial charge is 0.385 e. The van der Waals surface area contributed by atoms with Gasteiger partial charge in [0.15, 0.2) is 0 Å². The summed E-state index contributed by atoms with van der Waals surface area (Å²) in [5.74, 6) is 0.968. The summed E-state index contributed by atoms with van der Waals surface area (Å²) in [5.41, 5.74) is 0. The third-order valence-corrected chi connectivity index (χ3v) is 5.60. The fourth-order valence-corrected chi connectivity index (χ4v) is 3.77. The van der Waals surface area contributed by atoms with Crippen molar-refractivity contribution in [3.05, 3.63) is 29.3 Å². The Labute approximate surface area is 170 Å². The molecule has 0 atom stereocenters. The van der Waals surface area contributed by atoms with Crippen LogP contribution in [0.3, 0.4) is 0 Å². The topological polar surface area (TPSA) is 61.9 Å². The van der Waals surface area contributed by atoms with Gasteiger partial charge in [-0.05, 0) is 30.7 Å². The van der Waals surface area contributed by atoms with Crippen LogP contribution in [0, 0.1) is 0 Å². The highest BCUT2D eigenvalue weighted by molar-refractivity contribution is 7.99. The number of hydrogen-bond acceptors (Lipinski definition) is 5. The number of halogens is 1. The van der Waals surface area contributed by atoms with Gasteiger partial charge in [-0.15, -0.1) is 11.8 Å². The van der Waals surface area contributed by atoms with E-state index in [1.807, 2.05) is 29.2 Å². The van der Waals surface area contributed by atoms with Crippen LogP contribution in [0.5, 0.6) is 0 Å². The highest BCUT2D eigenvalue weighted by Crippen LogP contribution is 2.21. The van der Waals surface area contributed by atoms with Gasteiger partial charge in [-0.25, -0.2) is 0 Å². The molecule has 0 unspecified atom stereocenters. The van der Waals surface area contributed by atoms with E-state index in [1.165, 1.54) is 0 Å². The maximum atomic E-state index is 12.4. The number of methoxy groups -OCH3 is 1. The highest BCUT2D eigenvalue weighted by Gasteiger charge is 2.22. The van der Waals surface area contributed by atoms with Crippen molar-refractivity contribution >= 4 is 35.2 Å². The van der Waals surface area contributed by atoms with Crippen LogP contribution < -0.4 is 5.32 Å². The summed E-state index contributed by atoms with van der Waals surface area (Å²) >= 11 is 7.54. The number of thioether (sulfide) groups is 1. The smallest absolute Gasteiger partial charge is 0.234 e. The van der Waals surface area contributed by atoms with Crippen LogP contribution in [0.15, 0.2) is 29.2 Å². The molecule has 1 aromatic rings. The van der Waals surface area contributed by atoms with Crippen LogP contribution in [-0.4, -0.2) is 80.4 Å². The number of nitrogens with one attached hydrogen (secondary N) is 1. The van der Waals surface area contributed by atoms with Gasteiger partial charge in [0.1, 0.15) is 0 Å². The zero-order chi connectivity index (χ0) is 19.5. The number of hydrogen-bond donors (Lipinski definition) is 1. The first-order valence-electron chi connectivity index (χ1n) is 9.22. The predicted molar refractivity (Wildman–Crippen MR) is 109 cm³/mol. The molecule has 1 aliphatic heterocycles. The second kappa shape index (κ2) is 12.2. The molecule has 0 radical (unpaired) electrons. The molecule has 150 valence electrons. The van der Waals surface area contributed by atoms with Crippen LogP contribution in [0.1, 0.15) is 12.8 Å². The lowest BCUT2D eigenvalue weighted by atomic mass is 10.3. The molecule has 0 bridgehead atoms. The summed E-state index contributed by atoms with van der Waals surface area (Å²) in [4.78, 5) is 29.4. The number of carbonyl (C=O) groups is 2. The first kappa shape index (κ1) is 22.0. The minimum atomic E-state index is 0.0326.